The molecule has 3 heterocycles. The van der Waals surface area contributed by atoms with E-state index < -0.39 is 0 Å². The van der Waals surface area contributed by atoms with Gasteiger partial charge in [0.15, 0.2) is 0 Å². The van der Waals surface area contributed by atoms with E-state index >= 15 is 0 Å². The summed E-state index contributed by atoms with van der Waals surface area (Å²) in [6.07, 6.45) is 6.48. The molecule has 0 radical (unpaired) electrons. The molecule has 124 valence electrons. The molecule has 0 aromatic carbocycles. The zero-order chi connectivity index (χ0) is 13.8. The van der Waals surface area contributed by atoms with Crippen LogP contribution in [0, 0.1) is 0 Å². The van der Waals surface area contributed by atoms with Crippen molar-refractivity contribution in [2.75, 3.05) is 31.1 Å². The second kappa shape index (κ2) is 9.18. The highest BCUT2D eigenvalue weighted by Crippen LogP contribution is 2.21. The molecule has 0 spiro atoms. The molecular weight excluding hydrogens is 323 g/mol. The molecular formula is C15H24Cl2N4O. The summed E-state index contributed by atoms with van der Waals surface area (Å²) in [6, 6.07) is 4.13. The van der Waals surface area contributed by atoms with Gasteiger partial charge in [-0.2, -0.15) is 0 Å². The number of amides is 1. The van der Waals surface area contributed by atoms with E-state index in [2.05, 4.69) is 20.5 Å². The van der Waals surface area contributed by atoms with Crippen LogP contribution in [0.3, 0.4) is 0 Å². The molecule has 5 nitrogen and oxygen atoms in total. The van der Waals surface area contributed by atoms with Crippen LogP contribution in [0.4, 0.5) is 5.82 Å². The van der Waals surface area contributed by atoms with E-state index in [1.807, 2.05) is 12.1 Å². The van der Waals surface area contributed by atoms with Gasteiger partial charge in [-0.15, -0.1) is 24.8 Å². The molecule has 1 unspecified atom stereocenters. The van der Waals surface area contributed by atoms with Crippen LogP contribution in [0.15, 0.2) is 18.3 Å². The Morgan fingerprint density at radius 3 is 2.77 bits per heavy atom. The molecule has 1 atom stereocenters. The number of nitrogens with one attached hydrogen (secondary N) is 2. The van der Waals surface area contributed by atoms with Crippen LogP contribution in [0.5, 0.6) is 0 Å². The van der Waals surface area contributed by atoms with Gasteiger partial charge in [-0.3, -0.25) is 4.79 Å². The number of carbonyl (C=O) groups excluding carboxylic acids is 1. The minimum atomic E-state index is -0.00583. The summed E-state index contributed by atoms with van der Waals surface area (Å²) >= 11 is 0. The van der Waals surface area contributed by atoms with Crippen molar-refractivity contribution in [2.45, 2.75) is 31.7 Å². The number of hydrogen-bond donors (Lipinski definition) is 2. The van der Waals surface area contributed by atoms with Gasteiger partial charge >= 0.3 is 0 Å². The molecule has 1 aromatic heterocycles. The fourth-order valence-electron chi connectivity index (χ4n) is 3.00. The lowest BCUT2D eigenvalue weighted by atomic mass is 10.2. The third-order valence-electron chi connectivity index (χ3n) is 4.11. The molecule has 3 rings (SSSR count). The summed E-state index contributed by atoms with van der Waals surface area (Å²) in [5.41, 5.74) is 0.701. The second-order valence-electron chi connectivity index (χ2n) is 5.57. The maximum absolute atomic E-state index is 12.4. The standard InChI is InChI=1S/C15H22N4O.2ClH/c20-15(18-11-12-5-3-7-16-12)13-6-4-8-17-14(13)19-9-1-2-10-19;;/h4,6,8,12,16H,1-3,5,7,9-11H2,(H,18,20);2*1H. The van der Waals surface area contributed by atoms with Crippen molar-refractivity contribution < 1.29 is 4.79 Å². The molecule has 1 amide bonds. The van der Waals surface area contributed by atoms with Crippen LogP contribution in [-0.2, 0) is 0 Å². The van der Waals surface area contributed by atoms with Crippen molar-refractivity contribution in [3.05, 3.63) is 23.9 Å². The zero-order valence-corrected chi connectivity index (χ0v) is 14.2. The van der Waals surface area contributed by atoms with Crippen LogP contribution in [0.2, 0.25) is 0 Å². The van der Waals surface area contributed by atoms with Crippen LogP contribution in [0.1, 0.15) is 36.0 Å². The van der Waals surface area contributed by atoms with Crippen LogP contribution in [-0.4, -0.2) is 43.1 Å². The second-order valence-corrected chi connectivity index (χ2v) is 5.57. The zero-order valence-electron chi connectivity index (χ0n) is 12.6. The minimum Gasteiger partial charge on any atom is -0.356 e. The summed E-state index contributed by atoms with van der Waals surface area (Å²) in [6.45, 7) is 3.77. The fourth-order valence-corrected chi connectivity index (χ4v) is 3.00. The van der Waals surface area contributed by atoms with E-state index in [0.29, 0.717) is 18.2 Å². The monoisotopic (exact) mass is 346 g/mol. The van der Waals surface area contributed by atoms with Crippen LogP contribution < -0.4 is 15.5 Å². The average molecular weight is 347 g/mol. The van der Waals surface area contributed by atoms with E-state index in [-0.39, 0.29) is 30.7 Å². The van der Waals surface area contributed by atoms with E-state index in [4.69, 9.17) is 0 Å². The van der Waals surface area contributed by atoms with Gasteiger partial charge in [0.1, 0.15) is 5.82 Å². The predicted molar refractivity (Wildman–Crippen MR) is 93.5 cm³/mol. The van der Waals surface area contributed by atoms with E-state index in [9.17, 15) is 4.79 Å². The third-order valence-corrected chi connectivity index (χ3v) is 4.11. The number of anilines is 1. The first-order valence-electron chi connectivity index (χ1n) is 7.56. The van der Waals surface area contributed by atoms with E-state index in [1.165, 1.54) is 19.3 Å². The molecule has 2 saturated heterocycles. The molecule has 0 saturated carbocycles. The summed E-state index contributed by atoms with van der Waals surface area (Å²) in [4.78, 5) is 19.0. The molecule has 22 heavy (non-hydrogen) atoms. The van der Waals surface area contributed by atoms with Gasteiger partial charge in [0, 0.05) is 31.9 Å². The fraction of sp³-hybridized carbons (Fsp3) is 0.600. The number of nitrogens with zero attached hydrogens (tertiary/aromatic N) is 2. The van der Waals surface area contributed by atoms with Crippen molar-refractivity contribution in [1.29, 1.82) is 0 Å². The Hall–Kier alpha value is -1.04. The Labute approximate surface area is 144 Å². The van der Waals surface area contributed by atoms with Crippen molar-refractivity contribution in [1.82, 2.24) is 15.6 Å². The van der Waals surface area contributed by atoms with Gasteiger partial charge in [-0.1, -0.05) is 0 Å². The van der Waals surface area contributed by atoms with Crippen molar-refractivity contribution in [3.8, 4) is 0 Å². The Morgan fingerprint density at radius 1 is 1.32 bits per heavy atom. The first kappa shape index (κ1) is 19.0. The highest BCUT2D eigenvalue weighted by Gasteiger charge is 2.21. The molecule has 1 aromatic rings. The van der Waals surface area contributed by atoms with Gasteiger partial charge in [-0.05, 0) is 44.4 Å². The Morgan fingerprint density at radius 2 is 2.09 bits per heavy atom. The van der Waals surface area contributed by atoms with Crippen molar-refractivity contribution in [2.24, 2.45) is 0 Å². The normalized spacial score (nSPS) is 20.2. The highest BCUT2D eigenvalue weighted by molar-refractivity contribution is 5.98. The number of rotatable bonds is 4. The quantitative estimate of drug-likeness (QED) is 0.875. The molecule has 2 aliphatic rings. The molecule has 2 aliphatic heterocycles. The summed E-state index contributed by atoms with van der Waals surface area (Å²) in [7, 11) is 0. The SMILES string of the molecule is Cl.Cl.O=C(NCC1CCCN1)c1cccnc1N1CCCC1. The lowest BCUT2D eigenvalue weighted by molar-refractivity contribution is 0.0950. The average Bonchev–Trinajstić information content (AvgIpc) is 3.18. The first-order chi connectivity index (χ1) is 9.84. The van der Waals surface area contributed by atoms with E-state index in [1.54, 1.807) is 6.20 Å². The number of halogens is 2. The third kappa shape index (κ3) is 4.48. The molecule has 2 N–H and O–H groups in total. The lowest BCUT2D eigenvalue weighted by Gasteiger charge is -2.20. The summed E-state index contributed by atoms with van der Waals surface area (Å²) < 4.78 is 0. The van der Waals surface area contributed by atoms with Gasteiger partial charge in [-0.25, -0.2) is 4.98 Å². The van der Waals surface area contributed by atoms with Gasteiger partial charge < -0.3 is 15.5 Å². The molecule has 2 fully saturated rings. The maximum Gasteiger partial charge on any atom is 0.255 e. The van der Waals surface area contributed by atoms with Crippen molar-refractivity contribution in [3.63, 3.8) is 0 Å². The molecule has 7 heteroatoms. The van der Waals surface area contributed by atoms with Crippen molar-refractivity contribution >= 4 is 36.5 Å². The number of carbonyl (C=O) groups is 1. The lowest BCUT2D eigenvalue weighted by Crippen LogP contribution is -2.37. The first-order valence-corrected chi connectivity index (χ1v) is 7.56. The number of pyridine rings is 1. The predicted octanol–water partition coefficient (Wildman–Crippen LogP) is 2.01. The number of aromatic nitrogens is 1. The Kier molecular flexibility index (Phi) is 7.93. The van der Waals surface area contributed by atoms with Gasteiger partial charge in [0.25, 0.3) is 5.91 Å². The number of hydrogen-bond acceptors (Lipinski definition) is 4. The van der Waals surface area contributed by atoms with Gasteiger partial charge in [0.2, 0.25) is 0 Å². The molecule has 0 aliphatic carbocycles. The smallest absolute Gasteiger partial charge is 0.255 e. The van der Waals surface area contributed by atoms with Gasteiger partial charge in [0.05, 0.1) is 5.56 Å². The van der Waals surface area contributed by atoms with Crippen LogP contribution in [0.25, 0.3) is 0 Å². The van der Waals surface area contributed by atoms with E-state index in [0.717, 1.165) is 31.9 Å². The van der Waals surface area contributed by atoms with Crippen LogP contribution >= 0.6 is 24.8 Å². The highest BCUT2D eigenvalue weighted by atomic mass is 35.5. The summed E-state index contributed by atoms with van der Waals surface area (Å²) in [5.74, 6) is 0.829. The Bertz CT molecular complexity index is 474. The Balaban J connectivity index is 0.00000121. The minimum absolute atomic E-state index is 0. The summed E-state index contributed by atoms with van der Waals surface area (Å²) in [5, 5.41) is 6.43. The maximum atomic E-state index is 12.4. The largest absolute Gasteiger partial charge is 0.356 e. The molecule has 0 bridgehead atoms. The topological polar surface area (TPSA) is 57.3 Å².